The molecule has 0 spiro atoms. The minimum Gasteiger partial charge on any atom is -0.450 e. The molecule has 1 saturated heterocycles. The molecule has 1 aliphatic rings. The molecule has 7 heteroatoms. The van der Waals surface area contributed by atoms with E-state index in [0.29, 0.717) is 39.3 Å². The second-order valence-electron chi connectivity index (χ2n) is 4.59. The maximum Gasteiger partial charge on any atom is 0.409 e. The standard InChI is InChI=1S/C13H23N3O4/c1-3-5-14-11(17)10-12(18)15-6-8-16(9-7-15)13(19)20-4-2/h3-10H2,1-2H3,(H,14,17). The van der Waals surface area contributed by atoms with Gasteiger partial charge in [-0.05, 0) is 13.3 Å². The zero-order valence-electron chi connectivity index (χ0n) is 12.2. The van der Waals surface area contributed by atoms with Crippen LogP contribution in [0, 0.1) is 0 Å². The van der Waals surface area contributed by atoms with Crippen LogP contribution >= 0.6 is 0 Å². The highest BCUT2D eigenvalue weighted by Gasteiger charge is 2.25. The van der Waals surface area contributed by atoms with Crippen LogP contribution in [0.15, 0.2) is 0 Å². The van der Waals surface area contributed by atoms with Gasteiger partial charge in [0.25, 0.3) is 0 Å². The maximum atomic E-state index is 11.9. The van der Waals surface area contributed by atoms with Crippen LogP contribution < -0.4 is 5.32 Å². The van der Waals surface area contributed by atoms with Gasteiger partial charge in [-0.2, -0.15) is 0 Å². The van der Waals surface area contributed by atoms with Crippen molar-refractivity contribution in [3.05, 3.63) is 0 Å². The molecule has 0 saturated carbocycles. The van der Waals surface area contributed by atoms with Crippen molar-refractivity contribution in [1.82, 2.24) is 15.1 Å². The van der Waals surface area contributed by atoms with Gasteiger partial charge in [0.15, 0.2) is 0 Å². The molecule has 20 heavy (non-hydrogen) atoms. The van der Waals surface area contributed by atoms with Crippen LogP contribution in [0.4, 0.5) is 4.79 Å². The van der Waals surface area contributed by atoms with Gasteiger partial charge in [0.2, 0.25) is 11.8 Å². The number of ether oxygens (including phenoxy) is 1. The molecule has 7 nitrogen and oxygen atoms in total. The molecule has 1 aliphatic heterocycles. The lowest BCUT2D eigenvalue weighted by Crippen LogP contribution is -2.51. The molecule has 1 rings (SSSR count). The quantitative estimate of drug-likeness (QED) is 0.732. The van der Waals surface area contributed by atoms with Crippen LogP contribution in [0.2, 0.25) is 0 Å². The smallest absolute Gasteiger partial charge is 0.409 e. The Balaban J connectivity index is 2.32. The number of piperazine rings is 1. The summed E-state index contributed by atoms with van der Waals surface area (Å²) in [6, 6.07) is 0. The molecule has 0 aromatic carbocycles. The van der Waals surface area contributed by atoms with Gasteiger partial charge in [0.05, 0.1) is 6.61 Å². The molecule has 1 heterocycles. The first-order valence-electron chi connectivity index (χ1n) is 7.04. The van der Waals surface area contributed by atoms with Crippen LogP contribution in [0.5, 0.6) is 0 Å². The van der Waals surface area contributed by atoms with Crippen molar-refractivity contribution in [3.8, 4) is 0 Å². The molecule has 0 unspecified atom stereocenters. The average molecular weight is 285 g/mol. The average Bonchev–Trinajstić information content (AvgIpc) is 2.45. The van der Waals surface area contributed by atoms with Gasteiger partial charge >= 0.3 is 6.09 Å². The van der Waals surface area contributed by atoms with Crippen LogP contribution in [0.3, 0.4) is 0 Å². The molecule has 3 amide bonds. The van der Waals surface area contributed by atoms with Gasteiger partial charge in [-0.1, -0.05) is 6.92 Å². The van der Waals surface area contributed by atoms with Crippen LogP contribution in [-0.2, 0) is 14.3 Å². The van der Waals surface area contributed by atoms with Crippen molar-refractivity contribution in [2.24, 2.45) is 0 Å². The Kier molecular flexibility index (Phi) is 6.83. The molecular weight excluding hydrogens is 262 g/mol. The molecule has 0 aromatic rings. The third-order valence-corrected chi connectivity index (χ3v) is 3.04. The predicted octanol–water partition coefficient (Wildman–Crippen LogP) is 0.203. The molecule has 0 aliphatic carbocycles. The van der Waals surface area contributed by atoms with Crippen molar-refractivity contribution in [1.29, 1.82) is 0 Å². The Bertz CT molecular complexity index is 352. The molecule has 0 aromatic heterocycles. The number of hydrogen-bond acceptors (Lipinski definition) is 4. The van der Waals surface area contributed by atoms with Gasteiger partial charge in [0, 0.05) is 32.7 Å². The van der Waals surface area contributed by atoms with Crippen molar-refractivity contribution < 1.29 is 19.1 Å². The minimum absolute atomic E-state index is 0.126. The molecule has 0 atom stereocenters. The monoisotopic (exact) mass is 285 g/mol. The number of rotatable bonds is 5. The summed E-state index contributed by atoms with van der Waals surface area (Å²) in [5, 5.41) is 2.68. The summed E-state index contributed by atoms with van der Waals surface area (Å²) in [4.78, 5) is 38.1. The van der Waals surface area contributed by atoms with E-state index in [2.05, 4.69) is 5.32 Å². The highest BCUT2D eigenvalue weighted by molar-refractivity contribution is 5.96. The van der Waals surface area contributed by atoms with Gasteiger partial charge in [-0.25, -0.2) is 4.79 Å². The third-order valence-electron chi connectivity index (χ3n) is 3.04. The first kappa shape index (κ1) is 16.3. The first-order chi connectivity index (χ1) is 9.58. The number of amides is 3. The summed E-state index contributed by atoms with van der Waals surface area (Å²) in [7, 11) is 0. The van der Waals surface area contributed by atoms with Crippen molar-refractivity contribution in [2.45, 2.75) is 26.7 Å². The zero-order valence-corrected chi connectivity index (χ0v) is 12.2. The lowest BCUT2D eigenvalue weighted by molar-refractivity contribution is -0.137. The lowest BCUT2D eigenvalue weighted by atomic mass is 10.2. The van der Waals surface area contributed by atoms with E-state index >= 15 is 0 Å². The van der Waals surface area contributed by atoms with E-state index in [1.54, 1.807) is 16.7 Å². The Hall–Kier alpha value is -1.79. The molecule has 0 radical (unpaired) electrons. The summed E-state index contributed by atoms with van der Waals surface area (Å²) in [5.74, 6) is -0.438. The largest absolute Gasteiger partial charge is 0.450 e. The third kappa shape index (κ3) is 5.07. The van der Waals surface area contributed by atoms with Crippen LogP contribution in [-0.4, -0.2) is 67.0 Å². The number of carbonyl (C=O) groups excluding carboxylic acids is 3. The predicted molar refractivity (Wildman–Crippen MR) is 73.1 cm³/mol. The lowest BCUT2D eigenvalue weighted by Gasteiger charge is -2.34. The molecule has 1 N–H and O–H groups in total. The summed E-state index contributed by atoms with van der Waals surface area (Å²) in [5.41, 5.74) is 0. The normalized spacial score (nSPS) is 14.9. The van der Waals surface area contributed by atoms with Crippen molar-refractivity contribution >= 4 is 17.9 Å². The topological polar surface area (TPSA) is 79.0 Å². The number of nitrogens with zero attached hydrogens (tertiary/aromatic N) is 2. The van der Waals surface area contributed by atoms with E-state index in [1.807, 2.05) is 6.92 Å². The van der Waals surface area contributed by atoms with Crippen LogP contribution in [0.1, 0.15) is 26.7 Å². The minimum atomic E-state index is -0.347. The second-order valence-corrected chi connectivity index (χ2v) is 4.59. The first-order valence-corrected chi connectivity index (χ1v) is 7.04. The number of hydrogen-bond donors (Lipinski definition) is 1. The Labute approximate surface area is 119 Å². The molecule has 114 valence electrons. The molecular formula is C13H23N3O4. The fourth-order valence-electron chi connectivity index (χ4n) is 1.93. The summed E-state index contributed by atoms with van der Waals surface area (Å²) < 4.78 is 4.91. The molecule has 1 fully saturated rings. The summed E-state index contributed by atoms with van der Waals surface area (Å²) >= 11 is 0. The Morgan fingerprint density at radius 2 is 1.65 bits per heavy atom. The van der Waals surface area contributed by atoms with Gasteiger partial charge in [-0.15, -0.1) is 0 Å². The highest BCUT2D eigenvalue weighted by Crippen LogP contribution is 2.05. The van der Waals surface area contributed by atoms with E-state index in [0.717, 1.165) is 6.42 Å². The van der Waals surface area contributed by atoms with E-state index in [4.69, 9.17) is 4.74 Å². The van der Waals surface area contributed by atoms with Gasteiger partial charge in [0.1, 0.15) is 6.42 Å². The van der Waals surface area contributed by atoms with E-state index < -0.39 is 0 Å². The van der Waals surface area contributed by atoms with Gasteiger partial charge < -0.3 is 19.9 Å². The zero-order chi connectivity index (χ0) is 15.0. The number of nitrogens with one attached hydrogen (secondary N) is 1. The Morgan fingerprint density at radius 3 is 2.20 bits per heavy atom. The maximum absolute atomic E-state index is 11.9. The molecule has 0 bridgehead atoms. The Morgan fingerprint density at radius 1 is 1.05 bits per heavy atom. The van der Waals surface area contributed by atoms with Crippen LogP contribution in [0.25, 0.3) is 0 Å². The van der Waals surface area contributed by atoms with E-state index in [-0.39, 0.29) is 24.3 Å². The second kappa shape index (κ2) is 8.39. The van der Waals surface area contributed by atoms with Gasteiger partial charge in [-0.3, -0.25) is 9.59 Å². The summed E-state index contributed by atoms with van der Waals surface area (Å²) in [6.45, 7) is 6.42. The van der Waals surface area contributed by atoms with E-state index in [1.165, 1.54) is 0 Å². The fraction of sp³-hybridized carbons (Fsp3) is 0.769. The van der Waals surface area contributed by atoms with Crippen molar-refractivity contribution in [3.63, 3.8) is 0 Å². The van der Waals surface area contributed by atoms with E-state index in [9.17, 15) is 14.4 Å². The highest BCUT2D eigenvalue weighted by atomic mass is 16.6. The SMILES string of the molecule is CCCNC(=O)CC(=O)N1CCN(C(=O)OCC)CC1. The van der Waals surface area contributed by atoms with Crippen molar-refractivity contribution in [2.75, 3.05) is 39.3 Å². The fourth-order valence-corrected chi connectivity index (χ4v) is 1.93. The number of carbonyl (C=O) groups is 3. The summed E-state index contributed by atoms with van der Waals surface area (Å²) in [6.07, 6.45) is 0.373.